The van der Waals surface area contributed by atoms with Gasteiger partial charge in [-0.05, 0) is 55.0 Å². The van der Waals surface area contributed by atoms with E-state index in [0.717, 1.165) is 5.56 Å². The molecule has 2 fully saturated rings. The Hall–Kier alpha value is -2.63. The van der Waals surface area contributed by atoms with Gasteiger partial charge in [0.15, 0.2) is 5.79 Å². The van der Waals surface area contributed by atoms with Crippen LogP contribution in [0.25, 0.3) is 0 Å². The fraction of sp³-hybridized carbons (Fsp3) is 0.519. The average Bonchev–Trinajstić information content (AvgIpc) is 3.33. The molecule has 1 saturated heterocycles. The molecule has 0 unspecified atom stereocenters. The molecule has 11 heteroatoms. The van der Waals surface area contributed by atoms with E-state index in [2.05, 4.69) is 5.32 Å². The first kappa shape index (κ1) is 28.4. The molecule has 1 atom stereocenters. The minimum absolute atomic E-state index is 0.0127. The van der Waals surface area contributed by atoms with Crippen molar-refractivity contribution in [1.82, 2.24) is 5.32 Å². The zero-order chi connectivity index (χ0) is 27.6. The van der Waals surface area contributed by atoms with Crippen molar-refractivity contribution in [3.63, 3.8) is 0 Å². The van der Waals surface area contributed by atoms with E-state index in [4.69, 9.17) is 9.47 Å². The number of aliphatic hydroxyl groups is 1. The molecule has 1 aliphatic carbocycles. The highest BCUT2D eigenvalue weighted by molar-refractivity contribution is 5.84. The number of ether oxygens (including phenoxy) is 2. The Labute approximate surface area is 216 Å². The minimum atomic E-state index is -5.04. The van der Waals surface area contributed by atoms with E-state index >= 15 is 0 Å². The Morgan fingerprint density at radius 3 is 1.95 bits per heavy atom. The number of hydrogen-bond acceptors (Lipinski definition) is 4. The van der Waals surface area contributed by atoms with Crippen molar-refractivity contribution >= 4 is 5.91 Å². The molecule has 1 amide bonds. The van der Waals surface area contributed by atoms with Gasteiger partial charge in [-0.15, -0.1) is 0 Å². The lowest BCUT2D eigenvalue weighted by atomic mass is 9.73. The fourth-order valence-corrected chi connectivity index (χ4v) is 5.33. The number of carbonyl (C=O) groups excluding carboxylic acids is 1. The third-order valence-electron chi connectivity index (χ3n) is 7.35. The summed E-state index contributed by atoms with van der Waals surface area (Å²) in [6.45, 7) is 0.520. The first-order valence-corrected chi connectivity index (χ1v) is 12.4. The molecule has 2 aromatic rings. The number of alkyl halides is 6. The SMILES string of the molecule is O=C(NC1(c2ccccc2)CCC2(CC1)OCCO2)[C@@H](CCCO)c1cc(C(F)(F)F)cc(C(F)(F)F)c1. The number of carbonyl (C=O) groups is 1. The molecule has 4 rings (SSSR count). The largest absolute Gasteiger partial charge is 0.416 e. The molecule has 2 N–H and O–H groups in total. The molecule has 1 spiro atoms. The zero-order valence-corrected chi connectivity index (χ0v) is 20.5. The maximum Gasteiger partial charge on any atom is 0.416 e. The molecule has 1 saturated carbocycles. The average molecular weight is 546 g/mol. The summed E-state index contributed by atoms with van der Waals surface area (Å²) in [5.41, 5.74) is -3.54. The normalized spacial score (nSPS) is 19.9. The molecule has 2 aromatic carbocycles. The monoisotopic (exact) mass is 545 g/mol. The number of nitrogens with one attached hydrogen (secondary N) is 1. The smallest absolute Gasteiger partial charge is 0.396 e. The van der Waals surface area contributed by atoms with E-state index in [1.54, 1.807) is 18.2 Å². The van der Waals surface area contributed by atoms with Gasteiger partial charge in [0.2, 0.25) is 5.91 Å². The van der Waals surface area contributed by atoms with E-state index in [1.165, 1.54) is 0 Å². The van der Waals surface area contributed by atoms with Crippen molar-refractivity contribution < 1.29 is 45.7 Å². The summed E-state index contributed by atoms with van der Waals surface area (Å²) in [5.74, 6) is -2.82. The van der Waals surface area contributed by atoms with Crippen LogP contribution in [0.1, 0.15) is 66.7 Å². The van der Waals surface area contributed by atoms with Crippen molar-refractivity contribution in [2.45, 2.75) is 68.1 Å². The van der Waals surface area contributed by atoms with Crippen molar-refractivity contribution in [2.75, 3.05) is 19.8 Å². The molecule has 2 aliphatic rings. The Morgan fingerprint density at radius 1 is 0.895 bits per heavy atom. The molecule has 1 aliphatic heterocycles. The molecular formula is C27H29F6NO4. The quantitative estimate of drug-likeness (QED) is 0.425. The fourth-order valence-electron chi connectivity index (χ4n) is 5.33. The van der Waals surface area contributed by atoms with Crippen molar-refractivity contribution in [2.24, 2.45) is 0 Å². The molecule has 1 heterocycles. The van der Waals surface area contributed by atoms with E-state index in [9.17, 15) is 36.2 Å². The van der Waals surface area contributed by atoms with Gasteiger partial charge >= 0.3 is 12.4 Å². The Bertz CT molecular complexity index is 1070. The summed E-state index contributed by atoms with van der Waals surface area (Å²) in [6.07, 6.45) is -8.52. The van der Waals surface area contributed by atoms with E-state index < -0.39 is 52.2 Å². The van der Waals surface area contributed by atoms with Crippen LogP contribution in [0.2, 0.25) is 0 Å². The minimum Gasteiger partial charge on any atom is -0.396 e. The van der Waals surface area contributed by atoms with Crippen molar-refractivity contribution in [3.05, 3.63) is 70.8 Å². The number of halogens is 6. The molecular weight excluding hydrogens is 516 g/mol. The Morgan fingerprint density at radius 2 is 1.45 bits per heavy atom. The number of rotatable bonds is 7. The van der Waals surface area contributed by atoms with Crippen LogP contribution in [0.15, 0.2) is 48.5 Å². The lowest BCUT2D eigenvalue weighted by molar-refractivity contribution is -0.187. The van der Waals surface area contributed by atoms with Crippen LogP contribution < -0.4 is 5.32 Å². The van der Waals surface area contributed by atoms with Crippen molar-refractivity contribution in [1.29, 1.82) is 0 Å². The third kappa shape index (κ3) is 6.16. The maximum absolute atomic E-state index is 13.7. The van der Waals surface area contributed by atoms with E-state index in [0.29, 0.717) is 51.0 Å². The molecule has 0 radical (unpaired) electrons. The topological polar surface area (TPSA) is 67.8 Å². The van der Waals surface area contributed by atoms with Crippen LogP contribution in [-0.4, -0.2) is 36.6 Å². The lowest BCUT2D eigenvalue weighted by Crippen LogP contribution is -2.53. The standard InChI is InChI=1S/C27H29F6NO4/c28-26(29,30)20-15-18(16-21(17-20)27(31,32)33)22(7-4-12-35)23(36)34-24(19-5-2-1-3-6-19)8-10-25(11-9-24)37-13-14-38-25/h1-3,5-6,15-17,22,35H,4,7-14H2,(H,34,36)/t22-/m0/s1. The highest BCUT2D eigenvalue weighted by atomic mass is 19.4. The maximum atomic E-state index is 13.7. The number of benzene rings is 2. The van der Waals surface area contributed by atoms with Gasteiger partial charge in [0.25, 0.3) is 0 Å². The van der Waals surface area contributed by atoms with Crippen LogP contribution >= 0.6 is 0 Å². The number of aliphatic hydroxyl groups excluding tert-OH is 1. The van der Waals surface area contributed by atoms with Crippen LogP contribution in [-0.2, 0) is 32.2 Å². The van der Waals surface area contributed by atoms with E-state index in [1.807, 2.05) is 12.1 Å². The second kappa shape index (κ2) is 10.9. The molecule has 38 heavy (non-hydrogen) atoms. The van der Waals surface area contributed by atoms with Gasteiger partial charge in [0.1, 0.15) is 0 Å². The molecule has 0 aromatic heterocycles. The van der Waals surface area contributed by atoms with Crippen LogP contribution in [0.4, 0.5) is 26.3 Å². The second-order valence-corrected chi connectivity index (χ2v) is 9.80. The van der Waals surface area contributed by atoms with Gasteiger partial charge < -0.3 is 19.9 Å². The summed E-state index contributed by atoms with van der Waals surface area (Å²) < 4.78 is 92.7. The van der Waals surface area contributed by atoms with Gasteiger partial charge in [0, 0.05) is 19.4 Å². The summed E-state index contributed by atoms with van der Waals surface area (Å²) in [6, 6.07) is 10.2. The third-order valence-corrected chi connectivity index (χ3v) is 7.35. The number of amides is 1. The Balaban J connectivity index is 1.70. The highest BCUT2D eigenvalue weighted by Gasteiger charge is 2.48. The van der Waals surface area contributed by atoms with Crippen LogP contribution in [0.5, 0.6) is 0 Å². The second-order valence-electron chi connectivity index (χ2n) is 9.80. The van der Waals surface area contributed by atoms with Gasteiger partial charge in [0.05, 0.1) is 35.8 Å². The van der Waals surface area contributed by atoms with E-state index in [-0.39, 0.29) is 25.5 Å². The first-order chi connectivity index (χ1) is 17.9. The van der Waals surface area contributed by atoms with Crippen LogP contribution in [0.3, 0.4) is 0 Å². The summed E-state index contributed by atoms with van der Waals surface area (Å²) in [7, 11) is 0. The predicted molar refractivity (Wildman–Crippen MR) is 125 cm³/mol. The first-order valence-electron chi connectivity index (χ1n) is 12.4. The summed E-state index contributed by atoms with van der Waals surface area (Å²) >= 11 is 0. The molecule has 208 valence electrons. The van der Waals surface area contributed by atoms with Gasteiger partial charge in [-0.2, -0.15) is 26.3 Å². The highest BCUT2D eigenvalue weighted by Crippen LogP contribution is 2.46. The molecule has 0 bridgehead atoms. The number of hydrogen-bond donors (Lipinski definition) is 2. The predicted octanol–water partition coefficient (Wildman–Crippen LogP) is 5.91. The molecule has 5 nitrogen and oxygen atoms in total. The summed E-state index contributed by atoms with van der Waals surface area (Å²) in [4.78, 5) is 13.7. The van der Waals surface area contributed by atoms with Gasteiger partial charge in [-0.1, -0.05) is 30.3 Å². The Kier molecular flexibility index (Phi) is 8.11. The van der Waals surface area contributed by atoms with Crippen molar-refractivity contribution in [3.8, 4) is 0 Å². The zero-order valence-electron chi connectivity index (χ0n) is 20.5. The van der Waals surface area contributed by atoms with Gasteiger partial charge in [-0.25, -0.2) is 0 Å². The van der Waals surface area contributed by atoms with Gasteiger partial charge in [-0.3, -0.25) is 4.79 Å². The van der Waals surface area contributed by atoms with Crippen LogP contribution in [0, 0.1) is 0 Å². The summed E-state index contributed by atoms with van der Waals surface area (Å²) in [5, 5.41) is 12.3. The lowest BCUT2D eigenvalue weighted by Gasteiger charge is -2.45.